The Bertz CT molecular complexity index is 1560. The third-order valence-corrected chi connectivity index (χ3v) is 6.60. The first kappa shape index (κ1) is 25.6. The number of carbonyl (C=O) groups excluding carboxylic acids is 2. The lowest BCUT2D eigenvalue weighted by Crippen LogP contribution is -2.32. The van der Waals surface area contributed by atoms with Crippen molar-refractivity contribution in [1.82, 2.24) is 9.78 Å². The van der Waals surface area contributed by atoms with E-state index in [2.05, 4.69) is 21.0 Å². The number of aromatic nitrogens is 2. The standard InChI is InChI=1S/C30H29N5O4/c1-18-9-11-20(12-10-18)33-29(36)24-17-31-35-27(23-7-5-6-8-25(23)39-4)26(19(2)32-28(24)35)30(37)34-21-13-15-22(38-3)16-14-21/h5-17,27,32H,1-4H3,(H,33,36)(H,34,37)/t27-/m0/s1. The zero-order chi connectivity index (χ0) is 27.5. The van der Waals surface area contributed by atoms with E-state index in [4.69, 9.17) is 9.47 Å². The third-order valence-electron chi connectivity index (χ3n) is 6.60. The molecule has 2 heterocycles. The first-order valence-electron chi connectivity index (χ1n) is 12.4. The highest BCUT2D eigenvalue weighted by molar-refractivity contribution is 6.09. The quantitative estimate of drug-likeness (QED) is 0.300. The van der Waals surface area contributed by atoms with Crippen LogP contribution >= 0.6 is 0 Å². The van der Waals surface area contributed by atoms with E-state index in [9.17, 15) is 9.59 Å². The van der Waals surface area contributed by atoms with Gasteiger partial charge in [-0.3, -0.25) is 9.59 Å². The van der Waals surface area contributed by atoms with Gasteiger partial charge < -0.3 is 25.4 Å². The number of fused-ring (bicyclic) bond motifs is 1. The molecule has 9 nitrogen and oxygen atoms in total. The number of hydrogen-bond donors (Lipinski definition) is 3. The minimum absolute atomic E-state index is 0.312. The Kier molecular flexibility index (Phi) is 7.05. The lowest BCUT2D eigenvalue weighted by atomic mass is 9.93. The van der Waals surface area contributed by atoms with Crippen LogP contribution in [-0.2, 0) is 4.79 Å². The smallest absolute Gasteiger partial charge is 0.261 e. The van der Waals surface area contributed by atoms with Gasteiger partial charge in [0, 0.05) is 22.6 Å². The first-order valence-corrected chi connectivity index (χ1v) is 12.4. The van der Waals surface area contributed by atoms with Gasteiger partial charge in [-0.1, -0.05) is 35.9 Å². The maximum absolute atomic E-state index is 13.7. The van der Waals surface area contributed by atoms with E-state index in [-0.39, 0.29) is 11.8 Å². The number of hydrogen-bond acceptors (Lipinski definition) is 6. The van der Waals surface area contributed by atoms with Gasteiger partial charge in [-0.05, 0) is 56.3 Å². The average Bonchev–Trinajstić information content (AvgIpc) is 3.37. The van der Waals surface area contributed by atoms with Crippen LogP contribution in [0.5, 0.6) is 11.5 Å². The van der Waals surface area contributed by atoms with Gasteiger partial charge >= 0.3 is 0 Å². The van der Waals surface area contributed by atoms with Crippen molar-refractivity contribution in [3.63, 3.8) is 0 Å². The van der Waals surface area contributed by atoms with Crippen LogP contribution in [0.25, 0.3) is 0 Å². The lowest BCUT2D eigenvalue weighted by molar-refractivity contribution is -0.113. The Morgan fingerprint density at radius 3 is 2.15 bits per heavy atom. The van der Waals surface area contributed by atoms with E-state index in [1.54, 1.807) is 43.2 Å². The van der Waals surface area contributed by atoms with Crippen LogP contribution in [0.3, 0.4) is 0 Å². The number of ether oxygens (including phenoxy) is 2. The van der Waals surface area contributed by atoms with E-state index >= 15 is 0 Å². The zero-order valence-electron chi connectivity index (χ0n) is 22.1. The molecule has 1 atom stereocenters. The molecule has 0 fully saturated rings. The average molecular weight is 524 g/mol. The molecule has 1 aliphatic heterocycles. The fourth-order valence-electron chi connectivity index (χ4n) is 4.60. The molecule has 4 aromatic rings. The maximum atomic E-state index is 13.7. The van der Waals surface area contributed by atoms with Crippen LogP contribution in [0.1, 0.15) is 34.5 Å². The Balaban J connectivity index is 1.54. The Hall–Kier alpha value is -5.05. The summed E-state index contributed by atoms with van der Waals surface area (Å²) in [5.74, 6) is 1.14. The molecule has 0 saturated heterocycles. The number of methoxy groups -OCH3 is 2. The summed E-state index contributed by atoms with van der Waals surface area (Å²) in [6.07, 6.45) is 1.51. The van der Waals surface area contributed by atoms with Crippen molar-refractivity contribution in [2.75, 3.05) is 30.2 Å². The van der Waals surface area contributed by atoms with Crippen LogP contribution in [0.4, 0.5) is 17.2 Å². The predicted octanol–water partition coefficient (Wildman–Crippen LogP) is 5.39. The Labute approximate surface area is 226 Å². The molecule has 39 heavy (non-hydrogen) atoms. The molecule has 3 N–H and O–H groups in total. The molecule has 0 unspecified atom stereocenters. The number of amides is 2. The number of aryl methyl sites for hydroxylation is 1. The van der Waals surface area contributed by atoms with Gasteiger partial charge in [0.1, 0.15) is 28.9 Å². The van der Waals surface area contributed by atoms with Crippen molar-refractivity contribution >= 4 is 29.0 Å². The molecule has 0 spiro atoms. The van der Waals surface area contributed by atoms with E-state index in [1.165, 1.54) is 6.20 Å². The highest BCUT2D eigenvalue weighted by Gasteiger charge is 2.36. The summed E-state index contributed by atoms with van der Waals surface area (Å²) >= 11 is 0. The summed E-state index contributed by atoms with van der Waals surface area (Å²) in [6.45, 7) is 3.79. The van der Waals surface area contributed by atoms with Crippen LogP contribution in [0.15, 0.2) is 90.3 Å². The first-order chi connectivity index (χ1) is 18.9. The molecule has 5 rings (SSSR count). The van der Waals surface area contributed by atoms with Crippen molar-refractivity contribution in [2.24, 2.45) is 0 Å². The maximum Gasteiger partial charge on any atom is 0.261 e. The van der Waals surface area contributed by atoms with Crippen LogP contribution in [0.2, 0.25) is 0 Å². The predicted molar refractivity (Wildman–Crippen MR) is 150 cm³/mol. The highest BCUT2D eigenvalue weighted by Crippen LogP contribution is 2.41. The number of nitrogens with zero attached hydrogens (tertiary/aromatic N) is 2. The SMILES string of the molecule is COc1ccc(NC(=O)C2=C(C)Nc3c(C(=O)Nc4ccc(C)cc4)cnn3[C@H]2c2ccccc2OC)cc1. The van der Waals surface area contributed by atoms with Crippen molar-refractivity contribution in [3.8, 4) is 11.5 Å². The fraction of sp³-hybridized carbons (Fsp3) is 0.167. The number of benzene rings is 3. The van der Waals surface area contributed by atoms with Gasteiger partial charge in [0.2, 0.25) is 0 Å². The molecule has 198 valence electrons. The summed E-state index contributed by atoms with van der Waals surface area (Å²) < 4.78 is 12.5. The van der Waals surface area contributed by atoms with E-state index in [1.807, 2.05) is 62.4 Å². The molecular weight excluding hydrogens is 494 g/mol. The van der Waals surface area contributed by atoms with Crippen molar-refractivity contribution in [1.29, 1.82) is 0 Å². The van der Waals surface area contributed by atoms with Crippen LogP contribution in [0, 0.1) is 6.92 Å². The third kappa shape index (κ3) is 5.06. The highest BCUT2D eigenvalue weighted by atomic mass is 16.5. The minimum Gasteiger partial charge on any atom is -0.497 e. The van der Waals surface area contributed by atoms with Gasteiger partial charge in [-0.25, -0.2) is 4.68 Å². The number of carbonyl (C=O) groups is 2. The van der Waals surface area contributed by atoms with Crippen molar-refractivity contribution in [3.05, 3.63) is 107 Å². The number of para-hydroxylation sites is 1. The number of rotatable bonds is 7. The molecule has 3 aromatic carbocycles. The van der Waals surface area contributed by atoms with E-state index < -0.39 is 6.04 Å². The second-order valence-electron chi connectivity index (χ2n) is 9.16. The monoisotopic (exact) mass is 523 g/mol. The largest absolute Gasteiger partial charge is 0.497 e. The summed E-state index contributed by atoms with van der Waals surface area (Å²) in [4.78, 5) is 27.0. The lowest BCUT2D eigenvalue weighted by Gasteiger charge is -2.31. The second kappa shape index (κ2) is 10.7. The molecule has 0 saturated carbocycles. The molecule has 0 radical (unpaired) electrons. The normalized spacial score (nSPS) is 14.2. The fourth-order valence-corrected chi connectivity index (χ4v) is 4.60. The number of nitrogens with one attached hydrogen (secondary N) is 3. The summed E-state index contributed by atoms with van der Waals surface area (Å²) in [7, 11) is 3.17. The summed E-state index contributed by atoms with van der Waals surface area (Å²) in [5, 5.41) is 13.7. The molecule has 2 amide bonds. The molecular formula is C30H29N5O4. The zero-order valence-corrected chi connectivity index (χ0v) is 22.1. The van der Waals surface area contributed by atoms with Crippen LogP contribution < -0.4 is 25.4 Å². The van der Waals surface area contributed by atoms with E-state index in [0.717, 1.165) is 11.1 Å². The van der Waals surface area contributed by atoms with Gasteiger partial charge in [0.25, 0.3) is 11.8 Å². The summed E-state index contributed by atoms with van der Waals surface area (Å²) in [5.41, 5.74) is 4.50. The second-order valence-corrected chi connectivity index (χ2v) is 9.16. The topological polar surface area (TPSA) is 107 Å². The van der Waals surface area contributed by atoms with Gasteiger partial charge in [-0.15, -0.1) is 0 Å². The molecule has 1 aromatic heterocycles. The molecule has 9 heteroatoms. The van der Waals surface area contributed by atoms with Crippen LogP contribution in [-0.4, -0.2) is 35.8 Å². The molecule has 0 aliphatic carbocycles. The molecule has 0 bridgehead atoms. The van der Waals surface area contributed by atoms with Crippen molar-refractivity contribution in [2.45, 2.75) is 19.9 Å². The van der Waals surface area contributed by atoms with Gasteiger partial charge in [-0.2, -0.15) is 5.10 Å². The van der Waals surface area contributed by atoms with Gasteiger partial charge in [0.15, 0.2) is 0 Å². The molecule has 1 aliphatic rings. The Morgan fingerprint density at radius 2 is 1.49 bits per heavy atom. The Morgan fingerprint density at radius 1 is 0.846 bits per heavy atom. The minimum atomic E-state index is -0.656. The number of allylic oxidation sites excluding steroid dienone is 1. The summed E-state index contributed by atoms with van der Waals surface area (Å²) in [6, 6.07) is 21.5. The van der Waals surface area contributed by atoms with Gasteiger partial charge in [0.05, 0.1) is 26.0 Å². The van der Waals surface area contributed by atoms with Crippen molar-refractivity contribution < 1.29 is 19.1 Å². The van der Waals surface area contributed by atoms with E-state index in [0.29, 0.717) is 45.5 Å². The number of anilines is 3.